The van der Waals surface area contributed by atoms with Gasteiger partial charge in [0.05, 0.1) is 26.0 Å². The van der Waals surface area contributed by atoms with Gasteiger partial charge >= 0.3 is 5.97 Å². The molecule has 0 aliphatic rings. The van der Waals surface area contributed by atoms with Gasteiger partial charge in [0.2, 0.25) is 5.78 Å². The third kappa shape index (κ3) is 3.26. The Morgan fingerprint density at radius 1 is 0.967 bits per heavy atom. The molecule has 0 bridgehead atoms. The first-order chi connectivity index (χ1) is 14.5. The zero-order valence-corrected chi connectivity index (χ0v) is 16.2. The average molecular weight is 403 g/mol. The summed E-state index contributed by atoms with van der Waals surface area (Å²) in [6.07, 6.45) is 2.74. The molecule has 0 amide bonds. The molecule has 30 heavy (non-hydrogen) atoms. The highest BCUT2D eigenvalue weighted by molar-refractivity contribution is 6.18. The number of ketones is 1. The fraction of sp³-hybridized carbons (Fsp3) is 0.0870. The van der Waals surface area contributed by atoms with Gasteiger partial charge in [0.15, 0.2) is 11.5 Å². The van der Waals surface area contributed by atoms with Crippen molar-refractivity contribution in [3.63, 3.8) is 0 Å². The molecule has 0 saturated heterocycles. The van der Waals surface area contributed by atoms with Crippen LogP contribution in [0, 0.1) is 0 Å². The molecule has 0 aliphatic heterocycles. The normalized spacial score (nSPS) is 10.7. The van der Waals surface area contributed by atoms with Crippen LogP contribution in [0.15, 0.2) is 65.4 Å². The number of aromatic nitrogens is 1. The van der Waals surface area contributed by atoms with Crippen molar-refractivity contribution in [3.8, 4) is 22.8 Å². The van der Waals surface area contributed by atoms with E-state index in [1.165, 1.54) is 26.5 Å². The Hall–Kier alpha value is -4.13. The highest BCUT2D eigenvalue weighted by Gasteiger charge is 2.21. The second-order valence-corrected chi connectivity index (χ2v) is 6.47. The first-order valence-corrected chi connectivity index (χ1v) is 9.00. The number of carboxylic acids is 1. The van der Waals surface area contributed by atoms with E-state index in [-0.39, 0.29) is 17.0 Å². The predicted octanol–water partition coefficient (Wildman–Crippen LogP) is 4.44. The second-order valence-electron chi connectivity index (χ2n) is 6.47. The Kier molecular flexibility index (Phi) is 4.93. The maximum absolute atomic E-state index is 13.3. The molecule has 7 heteroatoms. The van der Waals surface area contributed by atoms with E-state index in [0.29, 0.717) is 33.6 Å². The van der Waals surface area contributed by atoms with Gasteiger partial charge in [-0.05, 0) is 30.3 Å². The quantitative estimate of drug-likeness (QED) is 0.475. The third-order valence-corrected chi connectivity index (χ3v) is 4.77. The van der Waals surface area contributed by atoms with Gasteiger partial charge in [-0.1, -0.05) is 18.2 Å². The van der Waals surface area contributed by atoms with Gasteiger partial charge in [-0.2, -0.15) is 0 Å². The van der Waals surface area contributed by atoms with Crippen LogP contribution < -0.4 is 9.47 Å². The fourth-order valence-corrected chi connectivity index (χ4v) is 3.31. The van der Waals surface area contributed by atoms with E-state index in [0.717, 1.165) is 5.56 Å². The van der Waals surface area contributed by atoms with Crippen molar-refractivity contribution in [2.75, 3.05) is 14.2 Å². The lowest BCUT2D eigenvalue weighted by molar-refractivity contribution is 0.0698. The standard InChI is InChI=1S/C23H17NO6/c1-28-19-10-15-16(11-20(19)29-2)21(24-12-17(15)23(26)27)22(25)14-6-3-5-13(9-14)18-7-4-8-30-18/h3-12H,1-2H3,(H,26,27). The number of benzene rings is 2. The highest BCUT2D eigenvalue weighted by Crippen LogP contribution is 2.35. The second kappa shape index (κ2) is 7.71. The number of fused-ring (bicyclic) bond motifs is 1. The van der Waals surface area contributed by atoms with Gasteiger partial charge in [0.1, 0.15) is 11.5 Å². The van der Waals surface area contributed by atoms with Gasteiger partial charge in [0, 0.05) is 28.1 Å². The summed E-state index contributed by atoms with van der Waals surface area (Å²) < 4.78 is 16.0. The lowest BCUT2D eigenvalue weighted by atomic mass is 9.98. The number of rotatable bonds is 6. The van der Waals surface area contributed by atoms with Gasteiger partial charge in [-0.25, -0.2) is 4.79 Å². The molecule has 0 radical (unpaired) electrons. The Bertz CT molecular complexity index is 1260. The number of carbonyl (C=O) groups is 2. The lowest BCUT2D eigenvalue weighted by Gasteiger charge is -2.13. The van der Waals surface area contributed by atoms with Crippen molar-refractivity contribution in [3.05, 3.63) is 77.8 Å². The summed E-state index contributed by atoms with van der Waals surface area (Å²) >= 11 is 0. The molecule has 0 saturated carbocycles. The van der Waals surface area contributed by atoms with Gasteiger partial charge < -0.3 is 19.0 Å². The average Bonchev–Trinajstić information content (AvgIpc) is 3.31. The molecular weight excluding hydrogens is 386 g/mol. The number of pyridine rings is 1. The molecule has 2 heterocycles. The van der Waals surface area contributed by atoms with E-state index in [4.69, 9.17) is 13.9 Å². The number of hydrogen-bond acceptors (Lipinski definition) is 6. The number of methoxy groups -OCH3 is 2. The van der Waals surface area contributed by atoms with Crippen LogP contribution in [0.3, 0.4) is 0 Å². The van der Waals surface area contributed by atoms with Crippen LogP contribution >= 0.6 is 0 Å². The minimum absolute atomic E-state index is 0.0353. The highest BCUT2D eigenvalue weighted by atomic mass is 16.5. The van der Waals surface area contributed by atoms with Crippen LogP contribution in [0.4, 0.5) is 0 Å². The molecule has 1 N–H and O–H groups in total. The molecule has 0 aliphatic carbocycles. The van der Waals surface area contributed by atoms with Crippen molar-refractivity contribution in [1.82, 2.24) is 4.98 Å². The summed E-state index contributed by atoms with van der Waals surface area (Å²) in [7, 11) is 2.92. The maximum atomic E-state index is 13.3. The molecule has 0 unspecified atom stereocenters. The Balaban J connectivity index is 1.90. The molecule has 150 valence electrons. The molecule has 4 rings (SSSR count). The van der Waals surface area contributed by atoms with Crippen LogP contribution in [-0.4, -0.2) is 36.1 Å². The Morgan fingerprint density at radius 2 is 1.70 bits per heavy atom. The molecule has 0 fully saturated rings. The first kappa shape index (κ1) is 19.2. The summed E-state index contributed by atoms with van der Waals surface area (Å²) in [6.45, 7) is 0. The number of hydrogen-bond donors (Lipinski definition) is 1. The van der Waals surface area contributed by atoms with Crippen molar-refractivity contribution in [2.45, 2.75) is 0 Å². The molecule has 7 nitrogen and oxygen atoms in total. The molecule has 0 spiro atoms. The number of aromatic carboxylic acids is 1. The van der Waals surface area contributed by atoms with Crippen molar-refractivity contribution in [2.24, 2.45) is 0 Å². The molecule has 4 aromatic rings. The minimum Gasteiger partial charge on any atom is -0.493 e. The van der Waals surface area contributed by atoms with Crippen LogP contribution in [0.1, 0.15) is 26.4 Å². The van der Waals surface area contributed by atoms with Crippen LogP contribution in [0.25, 0.3) is 22.1 Å². The van der Waals surface area contributed by atoms with Crippen LogP contribution in [0.2, 0.25) is 0 Å². The van der Waals surface area contributed by atoms with Gasteiger partial charge in [-0.15, -0.1) is 0 Å². The maximum Gasteiger partial charge on any atom is 0.337 e. The van der Waals surface area contributed by atoms with Crippen molar-refractivity contribution in [1.29, 1.82) is 0 Å². The van der Waals surface area contributed by atoms with E-state index in [1.54, 1.807) is 42.7 Å². The zero-order valence-electron chi connectivity index (χ0n) is 16.2. The monoisotopic (exact) mass is 403 g/mol. The molecule has 2 aromatic carbocycles. The van der Waals surface area contributed by atoms with E-state index < -0.39 is 5.97 Å². The van der Waals surface area contributed by atoms with E-state index in [9.17, 15) is 14.7 Å². The Morgan fingerprint density at radius 3 is 2.33 bits per heavy atom. The number of furan rings is 1. The zero-order chi connectivity index (χ0) is 21.3. The number of carbonyl (C=O) groups excluding carboxylic acids is 1. The predicted molar refractivity (Wildman–Crippen MR) is 109 cm³/mol. The van der Waals surface area contributed by atoms with E-state index in [2.05, 4.69) is 4.98 Å². The number of ether oxygens (including phenoxy) is 2. The minimum atomic E-state index is -1.15. The van der Waals surface area contributed by atoms with Gasteiger partial charge in [-0.3, -0.25) is 9.78 Å². The third-order valence-electron chi connectivity index (χ3n) is 4.77. The van der Waals surface area contributed by atoms with E-state index in [1.807, 2.05) is 6.07 Å². The summed E-state index contributed by atoms with van der Waals surface area (Å²) in [6, 6.07) is 13.6. The molecule has 2 aromatic heterocycles. The largest absolute Gasteiger partial charge is 0.493 e. The SMILES string of the molecule is COc1cc2c(C(=O)O)cnc(C(=O)c3cccc(-c4ccco4)c3)c2cc1OC. The molecule has 0 atom stereocenters. The summed E-state index contributed by atoms with van der Waals surface area (Å²) in [5, 5.41) is 10.3. The summed E-state index contributed by atoms with van der Waals surface area (Å²) in [4.78, 5) is 29.2. The summed E-state index contributed by atoms with van der Waals surface area (Å²) in [5.74, 6) is -0.143. The Labute approximate surface area is 171 Å². The van der Waals surface area contributed by atoms with E-state index >= 15 is 0 Å². The number of carboxylic acid groups (broad SMARTS) is 1. The molecular formula is C23H17NO6. The van der Waals surface area contributed by atoms with Crippen LogP contribution in [0.5, 0.6) is 11.5 Å². The smallest absolute Gasteiger partial charge is 0.337 e. The topological polar surface area (TPSA) is 98.9 Å². The van der Waals surface area contributed by atoms with Crippen molar-refractivity contribution >= 4 is 22.5 Å². The fourth-order valence-electron chi connectivity index (χ4n) is 3.31. The summed E-state index contributed by atoms with van der Waals surface area (Å²) in [5.41, 5.74) is 1.23. The van der Waals surface area contributed by atoms with Crippen molar-refractivity contribution < 1.29 is 28.6 Å². The number of nitrogens with zero attached hydrogens (tertiary/aromatic N) is 1. The first-order valence-electron chi connectivity index (χ1n) is 9.00. The lowest BCUT2D eigenvalue weighted by Crippen LogP contribution is -2.09. The van der Waals surface area contributed by atoms with Gasteiger partial charge in [0.25, 0.3) is 0 Å². The van der Waals surface area contributed by atoms with Crippen LogP contribution in [-0.2, 0) is 0 Å².